The fourth-order valence-corrected chi connectivity index (χ4v) is 3.08. The van der Waals surface area contributed by atoms with Crippen LogP contribution in [0.5, 0.6) is 5.75 Å². The third-order valence-corrected chi connectivity index (χ3v) is 4.62. The number of anilines is 1. The van der Waals surface area contributed by atoms with E-state index in [1.165, 1.54) is 4.31 Å². The average Bonchev–Trinajstić information content (AvgIpc) is 2.47. The predicted molar refractivity (Wildman–Crippen MR) is 96.9 cm³/mol. The molecule has 1 N–H and O–H groups in total. The summed E-state index contributed by atoms with van der Waals surface area (Å²) in [4.78, 5) is 11.9. The first kappa shape index (κ1) is 20.3. The molecule has 6 nitrogen and oxygen atoms in total. The van der Waals surface area contributed by atoms with Gasteiger partial charge >= 0.3 is 0 Å². The molecule has 0 saturated carbocycles. The molecule has 1 aromatic carbocycles. The van der Waals surface area contributed by atoms with Crippen LogP contribution in [0.1, 0.15) is 33.6 Å². The fourth-order valence-electron chi connectivity index (χ4n) is 2.15. The molecule has 136 valence electrons. The van der Waals surface area contributed by atoms with Crippen molar-refractivity contribution in [1.82, 2.24) is 5.32 Å². The molecule has 7 heteroatoms. The summed E-state index contributed by atoms with van der Waals surface area (Å²) in [5.41, 5.74) is 0.524. The van der Waals surface area contributed by atoms with Crippen molar-refractivity contribution >= 4 is 21.6 Å². The van der Waals surface area contributed by atoms with Gasteiger partial charge in [-0.15, -0.1) is 0 Å². The second-order valence-electron chi connectivity index (χ2n) is 6.04. The first-order chi connectivity index (χ1) is 11.2. The van der Waals surface area contributed by atoms with E-state index < -0.39 is 10.0 Å². The molecule has 0 unspecified atom stereocenters. The van der Waals surface area contributed by atoms with Crippen molar-refractivity contribution in [3.05, 3.63) is 24.3 Å². The molecule has 0 aromatic heterocycles. The summed E-state index contributed by atoms with van der Waals surface area (Å²) in [5, 5.41) is 2.82. The highest BCUT2D eigenvalue weighted by molar-refractivity contribution is 7.92. The van der Waals surface area contributed by atoms with Crippen molar-refractivity contribution in [2.75, 3.05) is 30.3 Å². The quantitative estimate of drug-likeness (QED) is 0.698. The van der Waals surface area contributed by atoms with Gasteiger partial charge in [0.15, 0.2) is 0 Å². The summed E-state index contributed by atoms with van der Waals surface area (Å²) < 4.78 is 30.6. The molecule has 0 spiro atoms. The van der Waals surface area contributed by atoms with Gasteiger partial charge in [0.2, 0.25) is 15.9 Å². The van der Waals surface area contributed by atoms with Crippen LogP contribution < -0.4 is 14.4 Å². The van der Waals surface area contributed by atoms with E-state index in [9.17, 15) is 13.2 Å². The lowest BCUT2D eigenvalue weighted by Gasteiger charge is -2.22. The van der Waals surface area contributed by atoms with Gasteiger partial charge in [-0.1, -0.05) is 13.8 Å². The summed E-state index contributed by atoms with van der Waals surface area (Å²) >= 11 is 0. The first-order valence-electron chi connectivity index (χ1n) is 8.21. The maximum Gasteiger partial charge on any atom is 0.232 e. The number of hydrogen-bond acceptors (Lipinski definition) is 4. The molecule has 0 fully saturated rings. The first-order valence-corrected chi connectivity index (χ1v) is 10.1. The zero-order valence-corrected chi connectivity index (χ0v) is 15.7. The number of carbonyl (C=O) groups is 1. The van der Waals surface area contributed by atoms with Crippen LogP contribution in [0.2, 0.25) is 0 Å². The van der Waals surface area contributed by atoms with E-state index in [0.29, 0.717) is 30.5 Å². The molecule has 0 radical (unpaired) electrons. The van der Waals surface area contributed by atoms with Crippen molar-refractivity contribution in [3.8, 4) is 5.75 Å². The van der Waals surface area contributed by atoms with Crippen molar-refractivity contribution in [1.29, 1.82) is 0 Å². The highest BCUT2D eigenvalue weighted by Crippen LogP contribution is 2.21. The third-order valence-electron chi connectivity index (χ3n) is 3.42. The van der Waals surface area contributed by atoms with Gasteiger partial charge in [0, 0.05) is 19.5 Å². The summed E-state index contributed by atoms with van der Waals surface area (Å²) in [6, 6.07) is 6.81. The number of sulfonamides is 1. The number of hydrogen-bond donors (Lipinski definition) is 1. The van der Waals surface area contributed by atoms with Gasteiger partial charge in [-0.25, -0.2) is 8.42 Å². The Hall–Kier alpha value is -1.76. The van der Waals surface area contributed by atoms with E-state index in [0.717, 1.165) is 12.7 Å². The molecule has 24 heavy (non-hydrogen) atoms. The van der Waals surface area contributed by atoms with Crippen LogP contribution in [-0.4, -0.2) is 40.3 Å². The zero-order valence-electron chi connectivity index (χ0n) is 14.9. The Morgan fingerprint density at radius 1 is 1.25 bits per heavy atom. The predicted octanol–water partition coefficient (Wildman–Crippen LogP) is 2.40. The lowest BCUT2D eigenvalue weighted by molar-refractivity contribution is -0.120. The number of amides is 1. The fraction of sp³-hybridized carbons (Fsp3) is 0.588. The number of ether oxygens (including phenoxy) is 1. The second kappa shape index (κ2) is 9.52. The maximum absolute atomic E-state index is 12.0. The topological polar surface area (TPSA) is 75.7 Å². The summed E-state index contributed by atoms with van der Waals surface area (Å²) in [7, 11) is -3.46. The summed E-state index contributed by atoms with van der Waals surface area (Å²) in [6.07, 6.45) is 2.17. The highest BCUT2D eigenvalue weighted by atomic mass is 32.2. The van der Waals surface area contributed by atoms with E-state index in [1.54, 1.807) is 24.3 Å². The molecule has 0 aliphatic rings. The van der Waals surface area contributed by atoms with Crippen LogP contribution in [0.4, 0.5) is 5.69 Å². The van der Waals surface area contributed by atoms with Crippen molar-refractivity contribution < 1.29 is 17.9 Å². The van der Waals surface area contributed by atoms with Crippen LogP contribution in [0.25, 0.3) is 0 Å². The van der Waals surface area contributed by atoms with E-state index in [1.807, 2.05) is 6.92 Å². The Balaban J connectivity index is 2.68. The van der Waals surface area contributed by atoms with E-state index >= 15 is 0 Å². The molecule has 0 atom stereocenters. The Labute approximate surface area is 145 Å². The molecule has 1 rings (SSSR count). The number of rotatable bonds is 10. The van der Waals surface area contributed by atoms with Gasteiger partial charge in [-0.2, -0.15) is 0 Å². The van der Waals surface area contributed by atoms with Gasteiger partial charge in [0.05, 0.1) is 18.6 Å². The van der Waals surface area contributed by atoms with Crippen LogP contribution in [0.15, 0.2) is 24.3 Å². The second-order valence-corrected chi connectivity index (χ2v) is 7.95. The van der Waals surface area contributed by atoms with Crippen molar-refractivity contribution in [2.24, 2.45) is 5.92 Å². The summed E-state index contributed by atoms with van der Waals surface area (Å²) in [5.74, 6) is 1.05. The van der Waals surface area contributed by atoms with Gasteiger partial charge in [0.25, 0.3) is 0 Å². The van der Waals surface area contributed by atoms with E-state index in [2.05, 4.69) is 19.2 Å². The number of nitrogens with zero attached hydrogens (tertiary/aromatic N) is 1. The molecule has 1 aromatic rings. The minimum absolute atomic E-state index is 0.111. The lowest BCUT2D eigenvalue weighted by atomic mass is 10.1. The molecule has 0 saturated heterocycles. The average molecular weight is 356 g/mol. The van der Waals surface area contributed by atoms with E-state index in [4.69, 9.17) is 4.74 Å². The van der Waals surface area contributed by atoms with Crippen LogP contribution in [-0.2, 0) is 14.8 Å². The lowest BCUT2D eigenvalue weighted by Crippen LogP contribution is -2.35. The SMILES string of the molecule is CCOc1ccc(N(CCC(=O)NCCC(C)C)S(C)(=O)=O)cc1. The van der Waals surface area contributed by atoms with Gasteiger partial charge in [-0.05, 0) is 43.5 Å². The van der Waals surface area contributed by atoms with Gasteiger partial charge in [-0.3, -0.25) is 9.10 Å². The zero-order chi connectivity index (χ0) is 18.2. The maximum atomic E-state index is 12.0. The van der Waals surface area contributed by atoms with Gasteiger partial charge in [0.1, 0.15) is 5.75 Å². The minimum Gasteiger partial charge on any atom is -0.494 e. The Bertz CT molecular complexity index is 612. The molecule has 0 heterocycles. The van der Waals surface area contributed by atoms with E-state index in [-0.39, 0.29) is 18.9 Å². The normalized spacial score (nSPS) is 11.4. The standard InChI is InChI=1S/C17H28N2O4S/c1-5-23-16-8-6-15(7-9-16)19(24(4,21)22)13-11-17(20)18-12-10-14(2)3/h6-9,14H,5,10-13H2,1-4H3,(H,18,20). The van der Waals surface area contributed by atoms with Crippen LogP contribution in [0, 0.1) is 5.92 Å². The monoisotopic (exact) mass is 356 g/mol. The van der Waals surface area contributed by atoms with Crippen molar-refractivity contribution in [2.45, 2.75) is 33.6 Å². The molecular weight excluding hydrogens is 328 g/mol. The molecular formula is C17H28N2O4S. The largest absolute Gasteiger partial charge is 0.494 e. The Morgan fingerprint density at radius 3 is 2.38 bits per heavy atom. The van der Waals surface area contributed by atoms with Crippen LogP contribution >= 0.6 is 0 Å². The molecule has 0 aliphatic carbocycles. The smallest absolute Gasteiger partial charge is 0.232 e. The minimum atomic E-state index is -3.46. The van der Waals surface area contributed by atoms with Gasteiger partial charge < -0.3 is 10.1 Å². The third kappa shape index (κ3) is 7.21. The highest BCUT2D eigenvalue weighted by Gasteiger charge is 2.18. The molecule has 0 bridgehead atoms. The number of benzene rings is 1. The molecule has 0 aliphatic heterocycles. The number of nitrogens with one attached hydrogen (secondary N) is 1. The molecule has 1 amide bonds. The Morgan fingerprint density at radius 2 is 1.88 bits per heavy atom. The Kier molecular flexibility index (Phi) is 8.04. The summed E-state index contributed by atoms with van der Waals surface area (Å²) in [6.45, 7) is 7.33. The van der Waals surface area contributed by atoms with Crippen LogP contribution in [0.3, 0.4) is 0 Å². The van der Waals surface area contributed by atoms with Crippen molar-refractivity contribution in [3.63, 3.8) is 0 Å². The number of carbonyl (C=O) groups excluding carboxylic acids is 1.